The quantitative estimate of drug-likeness (QED) is 0.210. The van der Waals surface area contributed by atoms with Crippen LogP contribution in [0.15, 0.2) is 42.8 Å². The summed E-state index contributed by atoms with van der Waals surface area (Å²) in [4.78, 5) is 21.9. The van der Waals surface area contributed by atoms with Crippen molar-refractivity contribution in [2.24, 2.45) is 5.10 Å². The summed E-state index contributed by atoms with van der Waals surface area (Å²) in [5.41, 5.74) is 2.52. The topological polar surface area (TPSA) is 134 Å². The number of carbonyl (C=O) groups excluding carboxylic acids is 1. The van der Waals surface area contributed by atoms with Crippen molar-refractivity contribution in [2.75, 3.05) is 6.61 Å². The lowest BCUT2D eigenvalue weighted by molar-refractivity contribution is -0.384. The zero-order chi connectivity index (χ0) is 20.1. The first-order valence-electron chi connectivity index (χ1n) is 6.99. The molecule has 0 aliphatic heterocycles. The first kappa shape index (κ1) is 21.1. The van der Waals surface area contributed by atoms with Crippen LogP contribution < -0.4 is 10.2 Å². The van der Waals surface area contributed by atoms with E-state index in [1.54, 1.807) is 0 Å². The molecule has 1 amide bonds. The van der Waals surface area contributed by atoms with Gasteiger partial charge in [-0.1, -0.05) is 0 Å². The number of rotatable bonds is 6. The van der Waals surface area contributed by atoms with Crippen LogP contribution in [0.2, 0.25) is 0 Å². The fourth-order valence-corrected chi connectivity index (χ4v) is 3.11. The average molecular weight is 568 g/mol. The summed E-state index contributed by atoms with van der Waals surface area (Å²) in [6, 6.07) is 5.37. The smallest absolute Gasteiger partial charge is 0.277 e. The molecule has 0 atom stereocenters. The van der Waals surface area contributed by atoms with Gasteiger partial charge in [0.2, 0.25) is 0 Å². The van der Waals surface area contributed by atoms with Crippen LogP contribution in [0.5, 0.6) is 17.2 Å². The van der Waals surface area contributed by atoms with Gasteiger partial charge in [-0.05, 0) is 59.9 Å². The molecule has 0 heterocycles. The van der Waals surface area contributed by atoms with Crippen LogP contribution in [0.4, 0.5) is 5.69 Å². The summed E-state index contributed by atoms with van der Waals surface area (Å²) in [5.74, 6) is -1.02. The normalized spacial score (nSPS) is 10.8. The second-order valence-corrected chi connectivity index (χ2v) is 7.41. The largest absolute Gasteiger partial charge is 0.503 e. The molecule has 12 heteroatoms. The molecule has 0 unspecified atom stereocenters. The summed E-state index contributed by atoms with van der Waals surface area (Å²) < 4.78 is 6.06. The van der Waals surface area contributed by atoms with Crippen molar-refractivity contribution >= 4 is 65.6 Å². The standard InChI is InChI=1S/C15H10Br3N3O6/c16-9-4-8(21(25)26)1-2-11(9)27-6-12(22)20-19-5-7-3-10(17)14(23)15(24)13(7)18/h1-5,23-24H,6H2,(H,20,22)/b19-5+. The molecular weight excluding hydrogens is 558 g/mol. The Balaban J connectivity index is 1.95. The lowest BCUT2D eigenvalue weighted by Gasteiger charge is -2.07. The van der Waals surface area contributed by atoms with Crippen LogP contribution in [0.3, 0.4) is 0 Å². The van der Waals surface area contributed by atoms with Gasteiger partial charge >= 0.3 is 0 Å². The van der Waals surface area contributed by atoms with Gasteiger partial charge in [-0.3, -0.25) is 14.9 Å². The molecule has 0 aliphatic rings. The Kier molecular flexibility index (Phi) is 7.16. The minimum Gasteiger partial charge on any atom is -0.503 e. The third kappa shape index (κ3) is 5.40. The van der Waals surface area contributed by atoms with Crippen LogP contribution >= 0.6 is 47.8 Å². The third-order valence-corrected chi connectivity index (χ3v) is 5.13. The minimum atomic E-state index is -0.574. The molecule has 0 saturated carbocycles. The zero-order valence-corrected chi connectivity index (χ0v) is 17.9. The second-order valence-electron chi connectivity index (χ2n) is 4.91. The first-order chi connectivity index (χ1) is 12.7. The highest BCUT2D eigenvalue weighted by atomic mass is 79.9. The molecule has 0 saturated heterocycles. The molecule has 0 fully saturated rings. The number of amides is 1. The number of nitro groups is 1. The van der Waals surface area contributed by atoms with Crippen molar-refractivity contribution in [3.8, 4) is 17.2 Å². The molecule has 0 radical (unpaired) electrons. The number of hydrogen-bond acceptors (Lipinski definition) is 7. The molecular formula is C15H10Br3N3O6. The Hall–Kier alpha value is -2.18. The molecule has 3 N–H and O–H groups in total. The highest BCUT2D eigenvalue weighted by Crippen LogP contribution is 2.40. The molecule has 2 rings (SSSR count). The van der Waals surface area contributed by atoms with Crippen LogP contribution in [-0.2, 0) is 4.79 Å². The fraction of sp³-hybridized carbons (Fsp3) is 0.0667. The van der Waals surface area contributed by atoms with E-state index in [9.17, 15) is 25.1 Å². The number of hydrogen-bond donors (Lipinski definition) is 3. The number of phenolic OH excluding ortho intramolecular Hbond substituents is 2. The van der Waals surface area contributed by atoms with Crippen molar-refractivity contribution in [3.63, 3.8) is 0 Å². The Morgan fingerprint density at radius 1 is 1.22 bits per heavy atom. The van der Waals surface area contributed by atoms with Crippen molar-refractivity contribution in [1.82, 2.24) is 5.43 Å². The van der Waals surface area contributed by atoms with Gasteiger partial charge in [-0.15, -0.1) is 0 Å². The zero-order valence-electron chi connectivity index (χ0n) is 13.1. The van der Waals surface area contributed by atoms with E-state index in [1.165, 1.54) is 30.5 Å². The van der Waals surface area contributed by atoms with E-state index in [-0.39, 0.29) is 38.5 Å². The van der Waals surface area contributed by atoms with E-state index in [1.807, 2.05) is 0 Å². The van der Waals surface area contributed by atoms with Crippen LogP contribution in [0, 0.1) is 10.1 Å². The van der Waals surface area contributed by atoms with Crippen molar-refractivity contribution in [1.29, 1.82) is 0 Å². The summed E-state index contributed by atoms with van der Waals surface area (Å²) in [6.07, 6.45) is 1.26. The number of aromatic hydroxyl groups is 2. The number of benzene rings is 2. The second kappa shape index (κ2) is 9.15. The number of phenols is 2. The number of nitrogens with zero attached hydrogens (tertiary/aromatic N) is 2. The van der Waals surface area contributed by atoms with Crippen molar-refractivity contribution < 1.29 is 24.7 Å². The number of nitro benzene ring substituents is 1. The van der Waals surface area contributed by atoms with Crippen molar-refractivity contribution in [3.05, 3.63) is 53.4 Å². The van der Waals surface area contributed by atoms with Gasteiger partial charge in [0.1, 0.15) is 5.75 Å². The lowest BCUT2D eigenvalue weighted by atomic mass is 10.2. The third-order valence-electron chi connectivity index (χ3n) is 3.07. The predicted octanol–water partition coefficient (Wildman–Crippen LogP) is 3.82. The summed E-state index contributed by atoms with van der Waals surface area (Å²) in [7, 11) is 0. The number of hydrazone groups is 1. The maximum Gasteiger partial charge on any atom is 0.277 e. The number of nitrogens with one attached hydrogen (secondary N) is 1. The van der Waals surface area contributed by atoms with Gasteiger partial charge in [0.15, 0.2) is 18.1 Å². The van der Waals surface area contributed by atoms with Gasteiger partial charge in [0, 0.05) is 17.7 Å². The van der Waals surface area contributed by atoms with E-state index in [4.69, 9.17) is 4.74 Å². The first-order valence-corrected chi connectivity index (χ1v) is 9.37. The molecule has 0 spiro atoms. The molecule has 0 aliphatic carbocycles. The molecule has 2 aromatic carbocycles. The van der Waals surface area contributed by atoms with Crippen LogP contribution in [0.25, 0.3) is 0 Å². The lowest BCUT2D eigenvalue weighted by Crippen LogP contribution is -2.24. The van der Waals surface area contributed by atoms with Crippen LogP contribution in [-0.4, -0.2) is 33.9 Å². The highest BCUT2D eigenvalue weighted by molar-refractivity contribution is 9.11. The molecule has 0 bridgehead atoms. The Morgan fingerprint density at radius 2 is 1.93 bits per heavy atom. The van der Waals surface area contributed by atoms with E-state index in [0.717, 1.165) is 0 Å². The Bertz CT molecular complexity index is 935. The van der Waals surface area contributed by atoms with Gasteiger partial charge in [0.25, 0.3) is 11.6 Å². The van der Waals surface area contributed by atoms with Gasteiger partial charge in [-0.2, -0.15) is 5.10 Å². The maximum atomic E-state index is 11.8. The summed E-state index contributed by atoms with van der Waals surface area (Å²) in [6.45, 7) is -0.376. The van der Waals surface area contributed by atoms with Crippen LogP contribution in [0.1, 0.15) is 5.56 Å². The average Bonchev–Trinajstić information content (AvgIpc) is 2.62. The molecule has 27 heavy (non-hydrogen) atoms. The maximum absolute atomic E-state index is 11.8. The molecule has 2 aromatic rings. The van der Waals surface area contributed by atoms with E-state index in [2.05, 4.69) is 58.3 Å². The molecule has 0 aromatic heterocycles. The van der Waals surface area contributed by atoms with E-state index < -0.39 is 10.8 Å². The fourth-order valence-electron chi connectivity index (χ4n) is 1.79. The predicted molar refractivity (Wildman–Crippen MR) is 107 cm³/mol. The van der Waals surface area contributed by atoms with Gasteiger partial charge in [0.05, 0.1) is 24.6 Å². The number of ether oxygens (including phenoxy) is 1. The highest BCUT2D eigenvalue weighted by Gasteiger charge is 2.13. The monoisotopic (exact) mass is 565 g/mol. The Labute approximate surface area is 177 Å². The van der Waals surface area contributed by atoms with E-state index in [0.29, 0.717) is 10.0 Å². The Morgan fingerprint density at radius 3 is 2.56 bits per heavy atom. The molecule has 9 nitrogen and oxygen atoms in total. The minimum absolute atomic E-state index is 0.114. The summed E-state index contributed by atoms with van der Waals surface area (Å²) >= 11 is 9.31. The number of halogens is 3. The van der Waals surface area contributed by atoms with Crippen molar-refractivity contribution in [2.45, 2.75) is 0 Å². The SMILES string of the molecule is O=C(COc1ccc([N+](=O)[O-])cc1Br)N/N=C/c1cc(Br)c(O)c(O)c1Br. The van der Waals surface area contributed by atoms with Gasteiger partial charge < -0.3 is 14.9 Å². The molecule has 142 valence electrons. The van der Waals surface area contributed by atoms with E-state index >= 15 is 0 Å². The summed E-state index contributed by atoms with van der Waals surface area (Å²) in [5, 5.41) is 33.7. The number of non-ortho nitro benzene ring substituents is 1. The van der Waals surface area contributed by atoms with Gasteiger partial charge in [-0.25, -0.2) is 5.43 Å². The number of carbonyl (C=O) groups is 1.